The van der Waals surface area contributed by atoms with E-state index in [1.54, 1.807) is 0 Å². The van der Waals surface area contributed by atoms with Crippen molar-refractivity contribution in [1.29, 1.82) is 0 Å². The van der Waals surface area contributed by atoms with E-state index in [2.05, 4.69) is 20.8 Å². The standard InChI is InChI=1S/C10H21B/c1-4-10(9(2)3)7-5-6-8-11/h9-10H,4-8H2,1-3H3. The SMILES string of the molecule is [B]CCCCC(CC)C(C)C. The van der Waals surface area contributed by atoms with Crippen LogP contribution in [-0.2, 0) is 0 Å². The summed E-state index contributed by atoms with van der Waals surface area (Å²) in [6.07, 6.45) is 6.05. The average Bonchev–Trinajstić information content (AvgIpc) is 1.97. The fraction of sp³-hybridized carbons (Fsp3) is 1.00. The molecule has 1 unspecified atom stereocenters. The van der Waals surface area contributed by atoms with Crippen LogP contribution in [0.15, 0.2) is 0 Å². The second-order valence-corrected chi connectivity index (χ2v) is 3.70. The lowest BCUT2D eigenvalue weighted by Gasteiger charge is -2.18. The fourth-order valence-electron chi connectivity index (χ4n) is 1.56. The van der Waals surface area contributed by atoms with Crippen molar-refractivity contribution in [3.63, 3.8) is 0 Å². The van der Waals surface area contributed by atoms with Gasteiger partial charge in [0.1, 0.15) is 0 Å². The predicted molar refractivity (Wildman–Crippen MR) is 53.0 cm³/mol. The Bertz CT molecular complexity index is 78.9. The van der Waals surface area contributed by atoms with Crippen LogP contribution < -0.4 is 0 Å². The third kappa shape index (κ3) is 5.35. The van der Waals surface area contributed by atoms with Gasteiger partial charge in [-0.15, -0.1) is 0 Å². The van der Waals surface area contributed by atoms with Gasteiger partial charge < -0.3 is 0 Å². The summed E-state index contributed by atoms with van der Waals surface area (Å²) in [4.78, 5) is 0. The zero-order valence-electron chi connectivity index (χ0n) is 8.27. The molecule has 0 fully saturated rings. The molecule has 0 aliphatic heterocycles. The first kappa shape index (κ1) is 11.1. The highest BCUT2D eigenvalue weighted by molar-refractivity contribution is 6.08. The van der Waals surface area contributed by atoms with Crippen LogP contribution >= 0.6 is 0 Å². The Hall–Kier alpha value is 0.0649. The summed E-state index contributed by atoms with van der Waals surface area (Å²) in [7, 11) is 5.43. The molecule has 1 heteroatoms. The van der Waals surface area contributed by atoms with Gasteiger partial charge >= 0.3 is 0 Å². The van der Waals surface area contributed by atoms with Crippen LogP contribution in [0.3, 0.4) is 0 Å². The van der Waals surface area contributed by atoms with Crippen LogP contribution in [0.25, 0.3) is 0 Å². The molecule has 0 spiro atoms. The van der Waals surface area contributed by atoms with Gasteiger partial charge in [-0.3, -0.25) is 0 Å². The monoisotopic (exact) mass is 152 g/mol. The first-order chi connectivity index (χ1) is 5.22. The minimum atomic E-state index is 0.845. The number of rotatable bonds is 6. The molecule has 1 atom stereocenters. The van der Waals surface area contributed by atoms with E-state index in [9.17, 15) is 0 Å². The maximum atomic E-state index is 5.43. The van der Waals surface area contributed by atoms with E-state index >= 15 is 0 Å². The molecule has 2 radical (unpaired) electrons. The van der Waals surface area contributed by atoms with Gasteiger partial charge in [-0.1, -0.05) is 52.8 Å². The molecule has 0 saturated heterocycles. The van der Waals surface area contributed by atoms with Crippen LogP contribution in [0.1, 0.15) is 46.5 Å². The average molecular weight is 152 g/mol. The maximum Gasteiger partial charge on any atom is 0.0653 e. The summed E-state index contributed by atoms with van der Waals surface area (Å²) in [5, 5.41) is 0. The molecule has 0 aliphatic carbocycles. The van der Waals surface area contributed by atoms with Gasteiger partial charge in [0.25, 0.3) is 0 Å². The number of unbranched alkanes of at least 4 members (excludes halogenated alkanes) is 1. The lowest BCUT2D eigenvalue weighted by molar-refractivity contribution is 0.339. The molecule has 0 nitrogen and oxygen atoms in total. The summed E-state index contributed by atoms with van der Waals surface area (Å²) < 4.78 is 0. The Balaban J connectivity index is 3.36. The molecular formula is C10H21B. The Morgan fingerprint density at radius 1 is 1.18 bits per heavy atom. The smallest absolute Gasteiger partial charge is 0.0653 e. The van der Waals surface area contributed by atoms with Crippen molar-refractivity contribution in [2.75, 3.05) is 0 Å². The molecule has 0 bridgehead atoms. The van der Waals surface area contributed by atoms with Crippen molar-refractivity contribution in [2.45, 2.75) is 52.8 Å². The van der Waals surface area contributed by atoms with E-state index < -0.39 is 0 Å². The number of hydrogen-bond acceptors (Lipinski definition) is 0. The largest absolute Gasteiger partial charge is 0.0887 e. The molecule has 0 heterocycles. The topological polar surface area (TPSA) is 0 Å². The molecular weight excluding hydrogens is 131 g/mol. The molecule has 0 aromatic carbocycles. The van der Waals surface area contributed by atoms with Gasteiger partial charge in [-0.25, -0.2) is 0 Å². The van der Waals surface area contributed by atoms with Gasteiger partial charge in [-0.2, -0.15) is 0 Å². The normalized spacial score (nSPS) is 13.8. The van der Waals surface area contributed by atoms with E-state index in [1.165, 1.54) is 25.7 Å². The molecule has 0 aromatic rings. The quantitative estimate of drug-likeness (QED) is 0.404. The molecule has 0 aromatic heterocycles. The minimum Gasteiger partial charge on any atom is -0.0887 e. The third-order valence-electron chi connectivity index (χ3n) is 2.50. The molecule has 11 heavy (non-hydrogen) atoms. The van der Waals surface area contributed by atoms with E-state index in [4.69, 9.17) is 7.85 Å². The summed E-state index contributed by atoms with van der Waals surface area (Å²) in [6, 6.07) is 0. The highest BCUT2D eigenvalue weighted by Gasteiger charge is 2.09. The Labute approximate surface area is 73.2 Å². The van der Waals surface area contributed by atoms with Crippen LogP contribution in [0.4, 0.5) is 0 Å². The van der Waals surface area contributed by atoms with Gasteiger partial charge in [0.05, 0.1) is 7.85 Å². The van der Waals surface area contributed by atoms with Gasteiger partial charge in [-0.05, 0) is 11.8 Å². The summed E-state index contributed by atoms with van der Waals surface area (Å²) in [5.74, 6) is 1.76. The molecule has 0 amide bonds. The minimum absolute atomic E-state index is 0.845. The van der Waals surface area contributed by atoms with Crippen molar-refractivity contribution < 1.29 is 0 Å². The summed E-state index contributed by atoms with van der Waals surface area (Å²) >= 11 is 0. The molecule has 64 valence electrons. The van der Waals surface area contributed by atoms with Crippen molar-refractivity contribution in [3.8, 4) is 0 Å². The second kappa shape index (κ2) is 6.76. The first-order valence-electron chi connectivity index (χ1n) is 4.92. The molecule has 0 rings (SSSR count). The van der Waals surface area contributed by atoms with Crippen molar-refractivity contribution in [1.82, 2.24) is 0 Å². The predicted octanol–water partition coefficient (Wildman–Crippen LogP) is 3.43. The van der Waals surface area contributed by atoms with Crippen LogP contribution in [-0.4, -0.2) is 7.85 Å². The van der Waals surface area contributed by atoms with E-state index in [0.29, 0.717) is 0 Å². The summed E-state index contributed by atoms with van der Waals surface area (Å²) in [5.41, 5.74) is 0. The van der Waals surface area contributed by atoms with Crippen molar-refractivity contribution in [3.05, 3.63) is 0 Å². The Morgan fingerprint density at radius 3 is 2.18 bits per heavy atom. The maximum absolute atomic E-state index is 5.43. The Kier molecular flexibility index (Phi) is 6.80. The van der Waals surface area contributed by atoms with Crippen molar-refractivity contribution >= 4 is 7.85 Å². The number of hydrogen-bond donors (Lipinski definition) is 0. The van der Waals surface area contributed by atoms with E-state index in [-0.39, 0.29) is 0 Å². The van der Waals surface area contributed by atoms with Crippen molar-refractivity contribution in [2.24, 2.45) is 11.8 Å². The Morgan fingerprint density at radius 2 is 1.82 bits per heavy atom. The van der Waals surface area contributed by atoms with Gasteiger partial charge in [0.2, 0.25) is 0 Å². The van der Waals surface area contributed by atoms with Gasteiger partial charge in [0, 0.05) is 0 Å². The van der Waals surface area contributed by atoms with Gasteiger partial charge in [0.15, 0.2) is 0 Å². The zero-order valence-corrected chi connectivity index (χ0v) is 8.27. The molecule has 0 saturated carbocycles. The zero-order chi connectivity index (χ0) is 8.69. The first-order valence-corrected chi connectivity index (χ1v) is 4.92. The van der Waals surface area contributed by atoms with Crippen LogP contribution in [0, 0.1) is 11.8 Å². The highest BCUT2D eigenvalue weighted by Crippen LogP contribution is 2.21. The molecule has 0 N–H and O–H groups in total. The lowest BCUT2D eigenvalue weighted by atomic mass is 9.87. The molecule has 0 aliphatic rings. The van der Waals surface area contributed by atoms with E-state index in [0.717, 1.165) is 18.2 Å². The van der Waals surface area contributed by atoms with E-state index in [1.807, 2.05) is 0 Å². The second-order valence-electron chi connectivity index (χ2n) is 3.70. The lowest BCUT2D eigenvalue weighted by Crippen LogP contribution is -2.06. The fourth-order valence-corrected chi connectivity index (χ4v) is 1.56. The van der Waals surface area contributed by atoms with Crippen LogP contribution in [0.5, 0.6) is 0 Å². The third-order valence-corrected chi connectivity index (χ3v) is 2.50. The summed E-state index contributed by atoms with van der Waals surface area (Å²) in [6.45, 7) is 6.92. The highest BCUT2D eigenvalue weighted by atomic mass is 14.1. The van der Waals surface area contributed by atoms with Crippen LogP contribution in [0.2, 0.25) is 6.32 Å².